The highest BCUT2D eigenvalue weighted by molar-refractivity contribution is 6.30. The fourth-order valence-electron chi connectivity index (χ4n) is 5.25. The Hall–Kier alpha value is -2.93. The summed E-state index contributed by atoms with van der Waals surface area (Å²) in [6.45, 7) is -0.396. The van der Waals surface area contributed by atoms with Crippen molar-refractivity contribution in [1.29, 1.82) is 0 Å². The molecule has 0 saturated heterocycles. The zero-order valence-corrected chi connectivity index (χ0v) is 18.9. The molecule has 2 saturated carbocycles. The van der Waals surface area contributed by atoms with Crippen LogP contribution in [0.3, 0.4) is 0 Å². The molecule has 2 aromatic rings. The van der Waals surface area contributed by atoms with E-state index in [1.54, 1.807) is 30.5 Å². The van der Waals surface area contributed by atoms with Crippen molar-refractivity contribution in [2.24, 2.45) is 22.9 Å². The minimum Gasteiger partial charge on any atom is -0.467 e. The number of esters is 1. The number of halogens is 1. The Balaban J connectivity index is 1.27. The van der Waals surface area contributed by atoms with E-state index in [0.717, 1.165) is 30.5 Å². The van der Waals surface area contributed by atoms with Gasteiger partial charge < -0.3 is 9.15 Å². The van der Waals surface area contributed by atoms with E-state index >= 15 is 0 Å². The maximum Gasteiger partial charge on any atom is 0.309 e. The van der Waals surface area contributed by atoms with Crippen molar-refractivity contribution < 1.29 is 23.5 Å². The van der Waals surface area contributed by atoms with Crippen molar-refractivity contribution in [2.45, 2.75) is 44.6 Å². The molecule has 3 atom stereocenters. The van der Waals surface area contributed by atoms with Gasteiger partial charge in [-0.25, -0.2) is 5.01 Å². The first-order valence-corrected chi connectivity index (χ1v) is 11.8. The van der Waals surface area contributed by atoms with E-state index in [0.29, 0.717) is 35.8 Å². The van der Waals surface area contributed by atoms with E-state index in [-0.39, 0.29) is 17.8 Å². The molecule has 172 valence electrons. The van der Waals surface area contributed by atoms with Crippen molar-refractivity contribution in [2.75, 3.05) is 6.61 Å². The van der Waals surface area contributed by atoms with Crippen LogP contribution in [0.15, 0.2) is 52.2 Å². The molecule has 2 heterocycles. The largest absolute Gasteiger partial charge is 0.467 e. The molecule has 2 fully saturated rings. The van der Waals surface area contributed by atoms with E-state index in [4.69, 9.17) is 20.8 Å². The van der Waals surface area contributed by atoms with Gasteiger partial charge in [0.15, 0.2) is 6.61 Å². The fraction of sp³-hybridized carbons (Fsp3) is 0.440. The van der Waals surface area contributed by atoms with Crippen molar-refractivity contribution in [3.8, 4) is 0 Å². The minimum absolute atomic E-state index is 0.0424. The van der Waals surface area contributed by atoms with Crippen molar-refractivity contribution in [3.63, 3.8) is 0 Å². The van der Waals surface area contributed by atoms with E-state index in [2.05, 4.69) is 5.10 Å². The number of fused-ring (bicyclic) bond motifs is 2. The molecule has 1 aromatic carbocycles. The highest BCUT2D eigenvalue weighted by atomic mass is 35.5. The number of ketones is 1. The Bertz CT molecular complexity index is 1060. The summed E-state index contributed by atoms with van der Waals surface area (Å²) in [7, 11) is 0. The molecule has 33 heavy (non-hydrogen) atoms. The van der Waals surface area contributed by atoms with Gasteiger partial charge >= 0.3 is 5.97 Å². The number of nitrogens with zero attached hydrogens (tertiary/aromatic N) is 2. The van der Waals surface area contributed by atoms with Gasteiger partial charge in [-0.1, -0.05) is 30.2 Å². The molecule has 2 bridgehead atoms. The van der Waals surface area contributed by atoms with Crippen molar-refractivity contribution in [1.82, 2.24) is 5.01 Å². The van der Waals surface area contributed by atoms with Gasteiger partial charge in [0.25, 0.3) is 5.91 Å². The number of carbonyl (C=O) groups is 3. The van der Waals surface area contributed by atoms with Crippen LogP contribution < -0.4 is 0 Å². The van der Waals surface area contributed by atoms with Crippen molar-refractivity contribution in [3.05, 3.63) is 59.0 Å². The molecule has 1 aliphatic heterocycles. The third-order valence-electron chi connectivity index (χ3n) is 6.93. The lowest BCUT2D eigenvalue weighted by atomic mass is 9.67. The van der Waals surface area contributed by atoms with E-state index in [1.165, 1.54) is 5.01 Å². The van der Waals surface area contributed by atoms with E-state index in [1.807, 2.05) is 12.1 Å². The Kier molecular flexibility index (Phi) is 6.06. The Labute approximate surface area is 196 Å². The molecule has 0 N–H and O–H groups in total. The number of Topliss-reactive ketones (excluding diaryl/α,β-unsaturated/α-hetero) is 1. The second-order valence-electron chi connectivity index (χ2n) is 9.03. The van der Waals surface area contributed by atoms with Crippen LogP contribution >= 0.6 is 11.6 Å². The number of hydrogen-bond acceptors (Lipinski definition) is 6. The first kappa shape index (κ1) is 21.9. The molecule has 8 heteroatoms. The van der Waals surface area contributed by atoms with Crippen LogP contribution in [0.2, 0.25) is 5.02 Å². The molecule has 0 unspecified atom stereocenters. The van der Waals surface area contributed by atoms with Crippen LogP contribution in [0.25, 0.3) is 0 Å². The number of hydrogen-bond donors (Lipinski definition) is 0. The second-order valence-corrected chi connectivity index (χ2v) is 9.47. The molecular weight excluding hydrogens is 444 g/mol. The third kappa shape index (κ3) is 4.47. The van der Waals surface area contributed by atoms with Gasteiger partial charge in [0.1, 0.15) is 17.6 Å². The summed E-state index contributed by atoms with van der Waals surface area (Å²) in [6, 6.07) is 10.4. The number of rotatable bonds is 5. The topological polar surface area (TPSA) is 89.2 Å². The molecule has 5 rings (SSSR count). The number of furan rings is 1. The first-order chi connectivity index (χ1) is 16.0. The normalized spacial score (nSPS) is 26.8. The summed E-state index contributed by atoms with van der Waals surface area (Å²) in [5, 5.41) is 6.49. The highest BCUT2D eigenvalue weighted by Crippen LogP contribution is 2.40. The standard InChI is InChI=1S/C25H25ClN2O5/c26-19-8-6-15(7-9-19)20-13-21(22-5-2-10-32-22)28(27-20)23(29)14-33-25(31)18-11-16-3-1-4-17(12-18)24(16)30/h2,5-10,16-18,21H,1,3-4,11-14H2/t16-,17-,21-/m0/s1. The number of hydrazone groups is 1. The Morgan fingerprint density at radius 1 is 1.12 bits per heavy atom. The zero-order chi connectivity index (χ0) is 22.9. The average Bonchev–Trinajstić information content (AvgIpc) is 3.47. The van der Waals surface area contributed by atoms with E-state index < -0.39 is 24.5 Å². The van der Waals surface area contributed by atoms with Gasteiger partial charge in [-0.15, -0.1) is 0 Å². The van der Waals surface area contributed by atoms with Gasteiger partial charge in [0.2, 0.25) is 0 Å². The molecule has 1 aromatic heterocycles. The summed E-state index contributed by atoms with van der Waals surface area (Å²) < 4.78 is 11.0. The first-order valence-electron chi connectivity index (χ1n) is 11.4. The van der Waals surface area contributed by atoms with Crippen molar-refractivity contribution >= 4 is 35.0 Å². The van der Waals surface area contributed by atoms with Crippen LogP contribution in [0.1, 0.15) is 55.9 Å². The summed E-state index contributed by atoms with van der Waals surface area (Å²) in [4.78, 5) is 38.0. The van der Waals surface area contributed by atoms with Crippen LogP contribution in [0.5, 0.6) is 0 Å². The summed E-state index contributed by atoms with van der Waals surface area (Å²) in [5.74, 6) is -0.314. The highest BCUT2D eigenvalue weighted by Gasteiger charge is 2.42. The maximum atomic E-state index is 13.0. The van der Waals surface area contributed by atoms with E-state index in [9.17, 15) is 14.4 Å². The molecule has 0 radical (unpaired) electrons. The summed E-state index contributed by atoms with van der Waals surface area (Å²) in [6.07, 6.45) is 5.82. The fourth-order valence-corrected chi connectivity index (χ4v) is 5.37. The number of benzene rings is 1. The minimum atomic E-state index is -0.416. The monoisotopic (exact) mass is 468 g/mol. The number of ether oxygens (including phenoxy) is 1. The van der Waals surface area contributed by atoms with Gasteiger partial charge in [-0.3, -0.25) is 14.4 Å². The average molecular weight is 469 g/mol. The van der Waals surface area contributed by atoms with Crippen LogP contribution in [-0.2, 0) is 19.1 Å². The lowest BCUT2D eigenvalue weighted by Gasteiger charge is -2.36. The van der Waals surface area contributed by atoms with Crippen LogP contribution in [-0.4, -0.2) is 35.0 Å². The molecule has 3 aliphatic rings. The second kappa shape index (κ2) is 9.14. The Morgan fingerprint density at radius 3 is 2.52 bits per heavy atom. The molecule has 7 nitrogen and oxygen atoms in total. The number of carbonyl (C=O) groups excluding carboxylic acids is 3. The smallest absolute Gasteiger partial charge is 0.309 e. The van der Waals surface area contributed by atoms with Gasteiger partial charge in [0.05, 0.1) is 17.9 Å². The quantitative estimate of drug-likeness (QED) is 0.600. The zero-order valence-electron chi connectivity index (χ0n) is 18.1. The van der Waals surface area contributed by atoms with Gasteiger partial charge in [0, 0.05) is 23.3 Å². The van der Waals surface area contributed by atoms with Gasteiger partial charge in [-0.2, -0.15) is 5.10 Å². The Morgan fingerprint density at radius 2 is 1.85 bits per heavy atom. The summed E-state index contributed by atoms with van der Waals surface area (Å²) in [5.41, 5.74) is 1.59. The molecule has 0 spiro atoms. The summed E-state index contributed by atoms with van der Waals surface area (Å²) >= 11 is 5.99. The predicted molar refractivity (Wildman–Crippen MR) is 120 cm³/mol. The number of amides is 1. The van der Waals surface area contributed by atoms with Crippen LogP contribution in [0, 0.1) is 17.8 Å². The SMILES string of the molecule is O=C(OCC(=O)N1N=C(c2ccc(Cl)cc2)C[C@H]1c1ccco1)C1C[C@@H]2CCC[C@@H](C1)C2=O. The lowest BCUT2D eigenvalue weighted by Crippen LogP contribution is -2.40. The molecular formula is C25H25ClN2O5. The molecule has 2 aliphatic carbocycles. The third-order valence-corrected chi connectivity index (χ3v) is 7.19. The van der Waals surface area contributed by atoms with Gasteiger partial charge in [-0.05, 0) is 55.5 Å². The predicted octanol–water partition coefficient (Wildman–Crippen LogP) is 4.55. The maximum absolute atomic E-state index is 13.0. The molecule has 1 amide bonds. The lowest BCUT2D eigenvalue weighted by molar-refractivity contribution is -0.159. The van der Waals surface area contributed by atoms with Crippen LogP contribution in [0.4, 0.5) is 0 Å².